The van der Waals surface area contributed by atoms with E-state index >= 15 is 0 Å². The molecule has 0 heterocycles. The maximum atomic E-state index is 11.1. The molecule has 6 nitrogen and oxygen atoms in total. The van der Waals surface area contributed by atoms with Gasteiger partial charge in [-0.3, -0.25) is 0 Å². The van der Waals surface area contributed by atoms with Crippen molar-refractivity contribution in [2.45, 2.75) is 50.5 Å². The summed E-state index contributed by atoms with van der Waals surface area (Å²) in [7, 11) is 0.0374. The molecule has 2 unspecified atom stereocenters. The summed E-state index contributed by atoms with van der Waals surface area (Å²) in [5, 5.41) is 0. The van der Waals surface area contributed by atoms with Crippen molar-refractivity contribution in [3.05, 3.63) is 95.6 Å². The summed E-state index contributed by atoms with van der Waals surface area (Å²) in [6, 6.07) is 26.7. The molecule has 0 amide bonds. The van der Waals surface area contributed by atoms with Crippen molar-refractivity contribution in [2.75, 3.05) is 52.0 Å². The van der Waals surface area contributed by atoms with Crippen LogP contribution in [0.4, 0.5) is 0 Å². The lowest BCUT2D eigenvalue weighted by Crippen LogP contribution is -2.33. The first-order valence-corrected chi connectivity index (χ1v) is 19.7. The van der Waals surface area contributed by atoms with E-state index in [2.05, 4.69) is 48.5 Å². The number of hydrogen-bond donors (Lipinski definition) is 0. The summed E-state index contributed by atoms with van der Waals surface area (Å²) < 4.78 is 34.2. The molecule has 3 rings (SSSR count). The second kappa shape index (κ2) is 18.7. The SMILES string of the molecule is COc1ccc(C(OCCCCCCS(=S)CCCCCOCP(C)(=O)[O-])(c2ccccc2)c2ccc(OC)cc2)cc1. The van der Waals surface area contributed by atoms with E-state index in [9.17, 15) is 9.46 Å². The zero-order valence-electron chi connectivity index (χ0n) is 25.7. The minimum absolute atomic E-state index is 0.00317. The van der Waals surface area contributed by atoms with Crippen LogP contribution in [0.1, 0.15) is 61.6 Å². The largest absolute Gasteiger partial charge is 0.798 e. The van der Waals surface area contributed by atoms with E-state index in [1.54, 1.807) is 14.2 Å². The van der Waals surface area contributed by atoms with Crippen LogP contribution in [-0.4, -0.2) is 52.0 Å². The van der Waals surface area contributed by atoms with Crippen LogP contribution in [0.3, 0.4) is 0 Å². The lowest BCUT2D eigenvalue weighted by Gasteiger charge is -2.36. The van der Waals surface area contributed by atoms with E-state index in [0.29, 0.717) is 13.2 Å². The van der Waals surface area contributed by atoms with E-state index in [0.717, 1.165) is 84.6 Å². The minimum atomic E-state index is -3.32. The summed E-state index contributed by atoms with van der Waals surface area (Å²) in [6.45, 7) is 2.33. The van der Waals surface area contributed by atoms with Gasteiger partial charge < -0.3 is 28.4 Å². The van der Waals surface area contributed by atoms with Gasteiger partial charge in [-0.1, -0.05) is 85.0 Å². The predicted molar refractivity (Wildman–Crippen MR) is 179 cm³/mol. The fourth-order valence-electron chi connectivity index (χ4n) is 4.99. The van der Waals surface area contributed by atoms with Gasteiger partial charge in [-0.25, -0.2) is 0 Å². The summed E-state index contributed by atoms with van der Waals surface area (Å²) in [6.07, 6.45) is 7.11. The van der Waals surface area contributed by atoms with Crippen LogP contribution in [0.2, 0.25) is 0 Å². The van der Waals surface area contributed by atoms with Crippen molar-refractivity contribution in [2.24, 2.45) is 0 Å². The molecule has 0 saturated heterocycles. The smallest absolute Gasteiger partial charge is 0.143 e. The van der Waals surface area contributed by atoms with Crippen LogP contribution in [0.5, 0.6) is 11.5 Å². The van der Waals surface area contributed by atoms with E-state index in [4.69, 9.17) is 30.1 Å². The Morgan fingerprint density at radius 1 is 0.698 bits per heavy atom. The fourth-order valence-corrected chi connectivity index (χ4v) is 7.42. The van der Waals surface area contributed by atoms with Gasteiger partial charge in [0.1, 0.15) is 17.1 Å². The average Bonchev–Trinajstić information content (AvgIpc) is 3.02. The van der Waals surface area contributed by atoms with Gasteiger partial charge in [0.05, 0.1) is 20.6 Å². The first kappa shape index (κ1) is 35.4. The van der Waals surface area contributed by atoms with Gasteiger partial charge in [-0.2, -0.15) is 0 Å². The van der Waals surface area contributed by atoms with Crippen LogP contribution in [-0.2, 0) is 40.3 Å². The van der Waals surface area contributed by atoms with Gasteiger partial charge >= 0.3 is 0 Å². The third-order valence-electron chi connectivity index (χ3n) is 7.24. The molecule has 3 aromatic carbocycles. The summed E-state index contributed by atoms with van der Waals surface area (Å²) in [5.41, 5.74) is 2.38. The minimum Gasteiger partial charge on any atom is -0.798 e. The van der Waals surface area contributed by atoms with Gasteiger partial charge in [0, 0.05) is 20.6 Å². The molecule has 0 aliphatic carbocycles. The normalized spacial score (nSPS) is 13.8. The van der Waals surface area contributed by atoms with Crippen LogP contribution in [0.15, 0.2) is 78.9 Å². The van der Waals surface area contributed by atoms with Gasteiger partial charge in [0.15, 0.2) is 0 Å². The average molecular weight is 646 g/mol. The topological polar surface area (TPSA) is 77.1 Å². The number of benzene rings is 3. The van der Waals surface area contributed by atoms with Gasteiger partial charge in [0.2, 0.25) is 0 Å². The second-order valence-electron chi connectivity index (χ2n) is 10.7. The Bertz CT molecular complexity index is 1210. The molecular formula is C34H46O6PS2-. The van der Waals surface area contributed by atoms with E-state index in [1.807, 2.05) is 30.3 Å². The molecule has 43 heavy (non-hydrogen) atoms. The Labute approximate surface area is 265 Å². The zero-order chi connectivity index (χ0) is 31.0. The molecule has 236 valence electrons. The Morgan fingerprint density at radius 3 is 1.67 bits per heavy atom. The highest BCUT2D eigenvalue weighted by Gasteiger charge is 2.37. The Morgan fingerprint density at radius 2 is 1.16 bits per heavy atom. The highest BCUT2D eigenvalue weighted by atomic mass is 32.8. The molecule has 0 aliphatic rings. The third-order valence-corrected chi connectivity index (χ3v) is 10.4. The molecule has 0 saturated carbocycles. The molecule has 0 N–H and O–H groups in total. The van der Waals surface area contributed by atoms with Crippen molar-refractivity contribution in [3.63, 3.8) is 0 Å². The van der Waals surface area contributed by atoms with Crippen molar-refractivity contribution in [1.29, 1.82) is 0 Å². The number of rotatable bonds is 21. The van der Waals surface area contributed by atoms with E-state index in [-0.39, 0.29) is 15.8 Å². The number of hydrogen-bond acceptors (Lipinski definition) is 7. The maximum Gasteiger partial charge on any atom is 0.143 e. The molecule has 2 atom stereocenters. The first-order chi connectivity index (χ1) is 20.8. The molecule has 0 radical (unpaired) electrons. The van der Waals surface area contributed by atoms with Crippen LogP contribution in [0.25, 0.3) is 0 Å². The predicted octanol–water partition coefficient (Wildman–Crippen LogP) is 7.07. The zero-order valence-corrected chi connectivity index (χ0v) is 28.2. The van der Waals surface area contributed by atoms with E-state index < -0.39 is 13.0 Å². The second-order valence-corrected chi connectivity index (χ2v) is 16.1. The quantitative estimate of drug-likeness (QED) is 0.0697. The van der Waals surface area contributed by atoms with Crippen LogP contribution >= 0.6 is 7.37 Å². The molecule has 0 aliphatic heterocycles. The van der Waals surface area contributed by atoms with E-state index in [1.165, 1.54) is 6.66 Å². The van der Waals surface area contributed by atoms with Crippen molar-refractivity contribution in [1.82, 2.24) is 0 Å². The highest BCUT2D eigenvalue weighted by Crippen LogP contribution is 2.41. The first-order valence-electron chi connectivity index (χ1n) is 15.0. The summed E-state index contributed by atoms with van der Waals surface area (Å²) in [5.74, 6) is 3.74. The van der Waals surface area contributed by atoms with Crippen LogP contribution < -0.4 is 14.4 Å². The van der Waals surface area contributed by atoms with Crippen LogP contribution in [0, 0.1) is 0 Å². The molecule has 0 aromatic heterocycles. The highest BCUT2D eigenvalue weighted by molar-refractivity contribution is 8.28. The Balaban J connectivity index is 1.53. The maximum absolute atomic E-state index is 11.1. The van der Waals surface area contributed by atoms with Gasteiger partial charge in [-0.05, 0) is 84.8 Å². The van der Waals surface area contributed by atoms with Gasteiger partial charge in [-0.15, -0.1) is 9.45 Å². The molecule has 0 bridgehead atoms. The standard InChI is InChI=1S/C34H47O6PS2/c1-37-32-20-16-30(17-21-32)34(29-14-8-6-9-15-29,31-18-22-33(38-2)23-19-31)40-25-11-4-5-12-26-43(42)27-13-7-10-24-39-28-41(3,35)36/h6,8-9,14-23H,4-5,7,10-13,24-28H2,1-3H3,(H,35,36)/p-1. The van der Waals surface area contributed by atoms with Crippen molar-refractivity contribution in [3.8, 4) is 11.5 Å². The molecule has 9 heteroatoms. The third kappa shape index (κ3) is 11.8. The summed E-state index contributed by atoms with van der Waals surface area (Å²) in [4.78, 5) is 11.1. The lowest BCUT2D eigenvalue weighted by molar-refractivity contribution is -0.178. The molecule has 0 fully saturated rings. The van der Waals surface area contributed by atoms with Gasteiger partial charge in [0.25, 0.3) is 0 Å². The van der Waals surface area contributed by atoms with Crippen molar-refractivity contribution < 1.29 is 28.4 Å². The molecule has 3 aromatic rings. The monoisotopic (exact) mass is 645 g/mol. The number of methoxy groups -OCH3 is 2. The summed E-state index contributed by atoms with van der Waals surface area (Å²) >= 11 is 5.71. The van der Waals surface area contributed by atoms with Crippen molar-refractivity contribution >= 4 is 28.0 Å². The molecular weight excluding hydrogens is 599 g/mol. The molecule has 0 spiro atoms. The number of ether oxygens (including phenoxy) is 4. The fraction of sp³-hybridized carbons (Fsp3) is 0.471. The lowest BCUT2D eigenvalue weighted by atomic mass is 9.80. The number of unbranched alkanes of at least 4 members (excludes halogenated alkanes) is 5. The Kier molecular flexibility index (Phi) is 15.4. The Hall–Kier alpha value is -2.06.